The highest BCUT2D eigenvalue weighted by atomic mass is 16.5. The molecule has 1 amide bonds. The van der Waals surface area contributed by atoms with Gasteiger partial charge >= 0.3 is 5.97 Å². The van der Waals surface area contributed by atoms with E-state index in [9.17, 15) is 9.59 Å². The van der Waals surface area contributed by atoms with Gasteiger partial charge in [0.1, 0.15) is 17.2 Å². The van der Waals surface area contributed by atoms with Gasteiger partial charge in [0.15, 0.2) is 0 Å². The summed E-state index contributed by atoms with van der Waals surface area (Å²) >= 11 is 0. The summed E-state index contributed by atoms with van der Waals surface area (Å²) in [5.41, 5.74) is 2.50. The van der Waals surface area contributed by atoms with E-state index >= 15 is 0 Å². The molecule has 0 unspecified atom stereocenters. The Kier molecular flexibility index (Phi) is 8.00. The zero-order valence-corrected chi connectivity index (χ0v) is 21.3. The molecule has 1 fully saturated rings. The maximum Gasteiger partial charge on any atom is 0.356 e. The number of benzene rings is 2. The van der Waals surface area contributed by atoms with Crippen molar-refractivity contribution in [2.24, 2.45) is 0 Å². The third-order valence-corrected chi connectivity index (χ3v) is 6.37. The van der Waals surface area contributed by atoms with Crippen LogP contribution in [0.1, 0.15) is 31.3 Å². The van der Waals surface area contributed by atoms with Gasteiger partial charge in [-0.3, -0.25) is 9.69 Å². The Morgan fingerprint density at radius 2 is 1.81 bits per heavy atom. The summed E-state index contributed by atoms with van der Waals surface area (Å²) in [6.45, 7) is 9.10. The van der Waals surface area contributed by atoms with Crippen LogP contribution < -0.4 is 19.7 Å². The largest absolute Gasteiger partial charge is 0.497 e. The number of H-pyrrole nitrogens is 1. The minimum atomic E-state index is -0.511. The highest BCUT2D eigenvalue weighted by Gasteiger charge is 2.27. The number of rotatable bonds is 9. The second-order valence-corrected chi connectivity index (χ2v) is 8.75. The lowest BCUT2D eigenvalue weighted by Gasteiger charge is -2.40. The fourth-order valence-corrected chi connectivity index (χ4v) is 4.53. The normalized spacial score (nSPS) is 16.1. The third-order valence-electron chi connectivity index (χ3n) is 6.37. The highest BCUT2D eigenvalue weighted by Crippen LogP contribution is 2.32. The molecule has 1 aliphatic heterocycles. The summed E-state index contributed by atoms with van der Waals surface area (Å²) in [6.07, 6.45) is 0. The summed E-state index contributed by atoms with van der Waals surface area (Å²) in [4.78, 5) is 33.3. The number of carbonyl (C=O) groups excluding carboxylic acids is 2. The Balaban J connectivity index is 1.47. The van der Waals surface area contributed by atoms with E-state index < -0.39 is 5.97 Å². The highest BCUT2D eigenvalue weighted by molar-refractivity contribution is 6.11. The van der Waals surface area contributed by atoms with Gasteiger partial charge in [-0.25, -0.2) is 4.79 Å². The van der Waals surface area contributed by atoms with Crippen molar-refractivity contribution in [1.82, 2.24) is 9.88 Å². The maximum absolute atomic E-state index is 13.2. The summed E-state index contributed by atoms with van der Waals surface area (Å²) in [6, 6.07) is 13.7. The first-order valence-electron chi connectivity index (χ1n) is 12.3. The van der Waals surface area contributed by atoms with Crippen molar-refractivity contribution in [3.8, 4) is 11.5 Å². The van der Waals surface area contributed by atoms with Crippen LogP contribution in [0.5, 0.6) is 11.5 Å². The number of aromatic nitrogens is 1. The number of methoxy groups -OCH3 is 1. The summed E-state index contributed by atoms with van der Waals surface area (Å²) < 4.78 is 16.1. The Morgan fingerprint density at radius 3 is 2.47 bits per heavy atom. The van der Waals surface area contributed by atoms with Crippen LogP contribution in [0.25, 0.3) is 10.9 Å². The first-order chi connectivity index (χ1) is 17.4. The van der Waals surface area contributed by atoms with E-state index in [-0.39, 0.29) is 30.8 Å². The van der Waals surface area contributed by atoms with Gasteiger partial charge in [-0.15, -0.1) is 0 Å². The smallest absolute Gasteiger partial charge is 0.356 e. The number of anilines is 2. The number of amides is 1. The van der Waals surface area contributed by atoms with Gasteiger partial charge in [0.2, 0.25) is 5.91 Å². The average Bonchev–Trinajstić information content (AvgIpc) is 3.23. The summed E-state index contributed by atoms with van der Waals surface area (Å²) in [5.74, 6) is 0.796. The van der Waals surface area contributed by atoms with Crippen molar-refractivity contribution in [1.29, 1.82) is 0 Å². The Bertz CT molecular complexity index is 1210. The van der Waals surface area contributed by atoms with Crippen molar-refractivity contribution in [2.75, 3.05) is 56.7 Å². The van der Waals surface area contributed by atoms with E-state index in [1.165, 1.54) is 0 Å². The molecule has 1 aromatic heterocycles. The quantitative estimate of drug-likeness (QED) is 0.436. The SMILES string of the molecule is CCOC(=O)c1[nH]c2ccc(OCC)cc2c1NC(=O)CN1CCN(c2ccc(OC)cc2)C[C@@H]1C. The van der Waals surface area contributed by atoms with Gasteiger partial charge in [0.25, 0.3) is 0 Å². The molecule has 1 atom stereocenters. The standard InChI is InChI=1S/C27H34N4O5/c1-5-35-21-11-12-23-22(15-21)25(26(28-23)27(33)36-6-2)29-24(32)17-30-13-14-31(16-18(30)3)19-7-9-20(34-4)10-8-19/h7-12,15,18,28H,5-6,13-14,16-17H2,1-4H3,(H,29,32)/t18-/m0/s1. The maximum atomic E-state index is 13.2. The van der Waals surface area contributed by atoms with E-state index in [0.717, 1.165) is 36.6 Å². The molecule has 2 aromatic carbocycles. The van der Waals surface area contributed by atoms with Crippen molar-refractivity contribution in [3.63, 3.8) is 0 Å². The van der Waals surface area contributed by atoms with Crippen LogP contribution in [0.15, 0.2) is 42.5 Å². The number of hydrogen-bond acceptors (Lipinski definition) is 7. The van der Waals surface area contributed by atoms with Crippen LogP contribution in [0, 0.1) is 0 Å². The molecule has 192 valence electrons. The van der Waals surface area contributed by atoms with Crippen molar-refractivity contribution in [3.05, 3.63) is 48.2 Å². The number of nitrogens with one attached hydrogen (secondary N) is 2. The van der Waals surface area contributed by atoms with Crippen LogP contribution in [-0.4, -0.2) is 74.3 Å². The third kappa shape index (κ3) is 5.57. The fourth-order valence-electron chi connectivity index (χ4n) is 4.53. The number of esters is 1. The molecule has 0 saturated carbocycles. The van der Waals surface area contributed by atoms with Crippen LogP contribution >= 0.6 is 0 Å². The van der Waals surface area contributed by atoms with Crippen LogP contribution in [0.4, 0.5) is 11.4 Å². The van der Waals surface area contributed by atoms with E-state index in [2.05, 4.69) is 39.2 Å². The van der Waals surface area contributed by atoms with Gasteiger partial charge in [0.05, 0.1) is 32.6 Å². The van der Waals surface area contributed by atoms with E-state index in [1.807, 2.05) is 37.3 Å². The second-order valence-electron chi connectivity index (χ2n) is 8.75. The van der Waals surface area contributed by atoms with Crippen LogP contribution in [-0.2, 0) is 9.53 Å². The number of ether oxygens (including phenoxy) is 3. The summed E-state index contributed by atoms with van der Waals surface area (Å²) in [7, 11) is 1.66. The van der Waals surface area contributed by atoms with Gasteiger partial charge < -0.3 is 29.4 Å². The number of aromatic amines is 1. The molecule has 3 aromatic rings. The Labute approximate surface area is 211 Å². The molecule has 0 aliphatic carbocycles. The fraction of sp³-hybridized carbons (Fsp3) is 0.407. The minimum Gasteiger partial charge on any atom is -0.497 e. The molecule has 1 saturated heterocycles. The lowest BCUT2D eigenvalue weighted by Crippen LogP contribution is -2.53. The Morgan fingerprint density at radius 1 is 1.06 bits per heavy atom. The van der Waals surface area contributed by atoms with Crippen molar-refractivity contribution >= 4 is 34.2 Å². The van der Waals surface area contributed by atoms with E-state index in [4.69, 9.17) is 14.2 Å². The average molecular weight is 495 g/mol. The second kappa shape index (κ2) is 11.3. The molecule has 1 aliphatic rings. The molecule has 0 bridgehead atoms. The molecular formula is C27H34N4O5. The summed E-state index contributed by atoms with van der Waals surface area (Å²) in [5, 5.41) is 3.67. The number of carbonyl (C=O) groups is 2. The predicted octanol–water partition coefficient (Wildman–Crippen LogP) is 3.90. The molecular weight excluding hydrogens is 460 g/mol. The predicted molar refractivity (Wildman–Crippen MR) is 140 cm³/mol. The lowest BCUT2D eigenvalue weighted by molar-refractivity contribution is -0.117. The Hall–Kier alpha value is -3.72. The van der Waals surface area contributed by atoms with Gasteiger partial charge in [-0.05, 0) is 63.2 Å². The zero-order chi connectivity index (χ0) is 25.7. The number of fused-ring (bicyclic) bond motifs is 1. The number of piperazine rings is 1. The molecule has 0 radical (unpaired) electrons. The van der Waals surface area contributed by atoms with Crippen LogP contribution in [0.3, 0.4) is 0 Å². The number of nitrogens with zero attached hydrogens (tertiary/aromatic N) is 2. The van der Waals surface area contributed by atoms with Crippen molar-refractivity contribution in [2.45, 2.75) is 26.8 Å². The first kappa shape index (κ1) is 25.4. The lowest BCUT2D eigenvalue weighted by atomic mass is 10.1. The molecule has 4 rings (SSSR count). The number of hydrogen-bond donors (Lipinski definition) is 2. The minimum absolute atomic E-state index is 0.170. The molecule has 2 heterocycles. The molecule has 2 N–H and O–H groups in total. The van der Waals surface area contributed by atoms with E-state index in [0.29, 0.717) is 23.4 Å². The van der Waals surface area contributed by atoms with Gasteiger partial charge in [-0.1, -0.05) is 0 Å². The molecule has 9 nitrogen and oxygen atoms in total. The van der Waals surface area contributed by atoms with Crippen LogP contribution in [0.2, 0.25) is 0 Å². The van der Waals surface area contributed by atoms with E-state index in [1.54, 1.807) is 14.0 Å². The topological polar surface area (TPSA) is 96.1 Å². The monoisotopic (exact) mass is 494 g/mol. The van der Waals surface area contributed by atoms with Gasteiger partial charge in [0, 0.05) is 42.3 Å². The zero-order valence-electron chi connectivity index (χ0n) is 21.3. The van der Waals surface area contributed by atoms with Gasteiger partial charge in [-0.2, -0.15) is 0 Å². The molecule has 36 heavy (non-hydrogen) atoms. The first-order valence-corrected chi connectivity index (χ1v) is 12.3. The molecule has 0 spiro atoms. The van der Waals surface area contributed by atoms with Crippen molar-refractivity contribution < 1.29 is 23.8 Å². The molecule has 9 heteroatoms.